The highest BCUT2D eigenvalue weighted by atomic mass is 16.5. The van der Waals surface area contributed by atoms with Gasteiger partial charge < -0.3 is 4.74 Å². The van der Waals surface area contributed by atoms with E-state index in [1.165, 1.54) is 0 Å². The number of hydrogen-bond donors (Lipinski definition) is 0. The standard InChI is InChI=1S/C14H20N2O/c1-4-6-14(11(3)5-2)17-13-8-7-12(9-15)16-10-13/h7-8,10-11,14H,4-6H2,1-3H3. The number of aromatic nitrogens is 1. The van der Waals surface area contributed by atoms with Crippen LogP contribution in [-0.4, -0.2) is 11.1 Å². The Hall–Kier alpha value is -1.56. The SMILES string of the molecule is CCCC(Oc1ccc(C#N)nc1)C(C)CC. The number of ether oxygens (including phenoxy) is 1. The molecular formula is C14H20N2O. The zero-order chi connectivity index (χ0) is 12.7. The minimum atomic E-state index is 0.236. The molecular weight excluding hydrogens is 212 g/mol. The zero-order valence-electron chi connectivity index (χ0n) is 10.8. The molecule has 17 heavy (non-hydrogen) atoms. The van der Waals surface area contributed by atoms with Crippen LogP contribution in [0.1, 0.15) is 45.7 Å². The second kappa shape index (κ2) is 6.90. The molecule has 0 saturated carbocycles. The van der Waals surface area contributed by atoms with E-state index in [0.29, 0.717) is 11.6 Å². The summed E-state index contributed by atoms with van der Waals surface area (Å²) >= 11 is 0. The first-order valence-electron chi connectivity index (χ1n) is 6.24. The van der Waals surface area contributed by atoms with Crippen LogP contribution in [0.5, 0.6) is 5.75 Å². The van der Waals surface area contributed by atoms with Crippen molar-refractivity contribution < 1.29 is 4.74 Å². The Balaban J connectivity index is 2.68. The maximum Gasteiger partial charge on any atom is 0.140 e. The smallest absolute Gasteiger partial charge is 0.140 e. The molecule has 1 aromatic rings. The third kappa shape index (κ3) is 4.07. The van der Waals surface area contributed by atoms with Crippen LogP contribution in [0, 0.1) is 17.2 Å². The van der Waals surface area contributed by atoms with Gasteiger partial charge in [0.1, 0.15) is 23.6 Å². The number of nitrogens with zero attached hydrogens (tertiary/aromatic N) is 2. The third-order valence-electron chi connectivity index (χ3n) is 2.99. The van der Waals surface area contributed by atoms with E-state index in [0.717, 1.165) is 25.0 Å². The Morgan fingerprint density at radius 2 is 2.18 bits per heavy atom. The Labute approximate surface area is 103 Å². The van der Waals surface area contributed by atoms with Crippen LogP contribution >= 0.6 is 0 Å². The number of rotatable bonds is 6. The molecule has 0 amide bonds. The number of nitriles is 1. The van der Waals surface area contributed by atoms with Gasteiger partial charge in [-0.25, -0.2) is 4.98 Å². The van der Waals surface area contributed by atoms with E-state index in [9.17, 15) is 0 Å². The van der Waals surface area contributed by atoms with E-state index in [2.05, 4.69) is 25.8 Å². The van der Waals surface area contributed by atoms with Gasteiger partial charge in [-0.3, -0.25) is 0 Å². The Morgan fingerprint density at radius 3 is 2.65 bits per heavy atom. The second-order valence-electron chi connectivity index (χ2n) is 4.32. The van der Waals surface area contributed by atoms with Gasteiger partial charge in [0.2, 0.25) is 0 Å². The maximum atomic E-state index is 8.67. The molecule has 0 aromatic carbocycles. The fourth-order valence-electron chi connectivity index (χ4n) is 1.70. The lowest BCUT2D eigenvalue weighted by Crippen LogP contribution is -2.24. The van der Waals surface area contributed by atoms with Crippen molar-refractivity contribution in [2.75, 3.05) is 0 Å². The molecule has 1 heterocycles. The van der Waals surface area contributed by atoms with E-state index in [-0.39, 0.29) is 6.10 Å². The van der Waals surface area contributed by atoms with Crippen molar-refractivity contribution in [1.82, 2.24) is 4.98 Å². The summed E-state index contributed by atoms with van der Waals surface area (Å²) in [5.74, 6) is 1.29. The van der Waals surface area contributed by atoms with Crippen molar-refractivity contribution in [3.63, 3.8) is 0 Å². The van der Waals surface area contributed by atoms with E-state index in [1.807, 2.05) is 12.1 Å². The molecule has 2 atom stereocenters. The van der Waals surface area contributed by atoms with Crippen LogP contribution in [0.15, 0.2) is 18.3 Å². The molecule has 0 saturated heterocycles. The average molecular weight is 232 g/mol. The summed E-state index contributed by atoms with van der Waals surface area (Å²) in [6.45, 7) is 6.54. The van der Waals surface area contributed by atoms with Crippen molar-refractivity contribution >= 4 is 0 Å². The summed E-state index contributed by atoms with van der Waals surface area (Å²) in [5, 5.41) is 8.67. The number of pyridine rings is 1. The molecule has 0 N–H and O–H groups in total. The van der Waals surface area contributed by atoms with Gasteiger partial charge in [0.05, 0.1) is 6.20 Å². The highest BCUT2D eigenvalue weighted by Crippen LogP contribution is 2.20. The minimum Gasteiger partial charge on any atom is -0.489 e. The monoisotopic (exact) mass is 232 g/mol. The molecule has 2 unspecified atom stereocenters. The number of hydrogen-bond acceptors (Lipinski definition) is 3. The van der Waals surface area contributed by atoms with Gasteiger partial charge in [-0.1, -0.05) is 33.6 Å². The summed E-state index contributed by atoms with van der Waals surface area (Å²) in [6.07, 6.45) is 5.13. The maximum absolute atomic E-state index is 8.67. The van der Waals surface area contributed by atoms with Crippen molar-refractivity contribution in [2.24, 2.45) is 5.92 Å². The van der Waals surface area contributed by atoms with Gasteiger partial charge in [0.25, 0.3) is 0 Å². The Bertz CT molecular complexity index is 367. The lowest BCUT2D eigenvalue weighted by Gasteiger charge is -2.23. The minimum absolute atomic E-state index is 0.236. The highest BCUT2D eigenvalue weighted by molar-refractivity contribution is 5.26. The van der Waals surface area contributed by atoms with Crippen LogP contribution in [0.25, 0.3) is 0 Å². The molecule has 3 heteroatoms. The lowest BCUT2D eigenvalue weighted by atomic mass is 9.98. The quantitative estimate of drug-likeness (QED) is 0.753. The van der Waals surface area contributed by atoms with Gasteiger partial charge >= 0.3 is 0 Å². The van der Waals surface area contributed by atoms with E-state index in [4.69, 9.17) is 10.00 Å². The molecule has 0 aliphatic carbocycles. The molecule has 1 rings (SSSR count). The third-order valence-corrected chi connectivity index (χ3v) is 2.99. The molecule has 1 aromatic heterocycles. The molecule has 0 spiro atoms. The van der Waals surface area contributed by atoms with Crippen molar-refractivity contribution in [2.45, 2.75) is 46.1 Å². The van der Waals surface area contributed by atoms with Gasteiger partial charge in [-0.15, -0.1) is 0 Å². The Kier molecular flexibility index (Phi) is 5.48. The zero-order valence-corrected chi connectivity index (χ0v) is 10.8. The average Bonchev–Trinajstić information content (AvgIpc) is 2.38. The molecule has 0 radical (unpaired) electrons. The predicted molar refractivity (Wildman–Crippen MR) is 67.7 cm³/mol. The molecule has 0 aliphatic heterocycles. The summed E-state index contributed by atoms with van der Waals surface area (Å²) < 4.78 is 5.94. The fourth-order valence-corrected chi connectivity index (χ4v) is 1.70. The first-order chi connectivity index (χ1) is 8.21. The second-order valence-corrected chi connectivity index (χ2v) is 4.32. The largest absolute Gasteiger partial charge is 0.489 e. The van der Waals surface area contributed by atoms with Crippen molar-refractivity contribution in [3.8, 4) is 11.8 Å². The summed E-state index contributed by atoms with van der Waals surface area (Å²) in [4.78, 5) is 4.01. The first kappa shape index (κ1) is 13.5. The fraction of sp³-hybridized carbons (Fsp3) is 0.571. The highest BCUT2D eigenvalue weighted by Gasteiger charge is 2.16. The van der Waals surface area contributed by atoms with Gasteiger partial charge in [-0.2, -0.15) is 5.26 Å². The summed E-state index contributed by atoms with van der Waals surface area (Å²) in [5.41, 5.74) is 0.424. The van der Waals surface area contributed by atoms with Gasteiger partial charge in [0, 0.05) is 0 Å². The predicted octanol–water partition coefficient (Wildman–Crippen LogP) is 3.55. The summed E-state index contributed by atoms with van der Waals surface area (Å²) in [6, 6.07) is 5.51. The molecule has 92 valence electrons. The topological polar surface area (TPSA) is 45.9 Å². The van der Waals surface area contributed by atoms with Crippen LogP contribution in [-0.2, 0) is 0 Å². The normalized spacial score (nSPS) is 13.8. The van der Waals surface area contributed by atoms with Crippen LogP contribution in [0.2, 0.25) is 0 Å². The lowest BCUT2D eigenvalue weighted by molar-refractivity contribution is 0.129. The van der Waals surface area contributed by atoms with E-state index in [1.54, 1.807) is 12.3 Å². The molecule has 0 bridgehead atoms. The van der Waals surface area contributed by atoms with Crippen LogP contribution in [0.4, 0.5) is 0 Å². The van der Waals surface area contributed by atoms with Crippen LogP contribution in [0.3, 0.4) is 0 Å². The van der Waals surface area contributed by atoms with Gasteiger partial charge in [-0.05, 0) is 24.5 Å². The molecule has 0 fully saturated rings. The van der Waals surface area contributed by atoms with Crippen molar-refractivity contribution in [3.05, 3.63) is 24.0 Å². The van der Waals surface area contributed by atoms with E-state index >= 15 is 0 Å². The van der Waals surface area contributed by atoms with E-state index < -0.39 is 0 Å². The van der Waals surface area contributed by atoms with Crippen LogP contribution < -0.4 is 4.74 Å². The van der Waals surface area contributed by atoms with Crippen molar-refractivity contribution in [1.29, 1.82) is 5.26 Å². The van der Waals surface area contributed by atoms with Gasteiger partial charge in [0.15, 0.2) is 0 Å². The molecule has 3 nitrogen and oxygen atoms in total. The summed E-state index contributed by atoms with van der Waals surface area (Å²) in [7, 11) is 0. The Morgan fingerprint density at radius 1 is 1.41 bits per heavy atom. The first-order valence-corrected chi connectivity index (χ1v) is 6.24. The molecule has 0 aliphatic rings.